The van der Waals surface area contributed by atoms with E-state index in [1.165, 1.54) is 0 Å². The molecule has 2 N–H and O–H groups in total. The Hall–Kier alpha value is -0.630. The lowest BCUT2D eigenvalue weighted by atomic mass is 10.0. The maximum Gasteiger partial charge on any atom is 0.253 e. The summed E-state index contributed by atoms with van der Waals surface area (Å²) < 4.78 is 1.69. The largest absolute Gasteiger partial charge is 0.357 e. The maximum absolute atomic E-state index is 12.3. The lowest BCUT2D eigenvalue weighted by Crippen LogP contribution is -2.46. The Labute approximate surface area is 141 Å². The molecule has 4 nitrogen and oxygen atoms in total. The van der Waals surface area contributed by atoms with Crippen molar-refractivity contribution >= 4 is 50.3 Å². The van der Waals surface area contributed by atoms with Crippen LogP contribution < -0.4 is 10.6 Å². The molecule has 1 aromatic carbocycles. The molecule has 1 unspecified atom stereocenters. The Balaban J connectivity index is 2.90. The summed E-state index contributed by atoms with van der Waals surface area (Å²) in [5.41, 5.74) is 0.537. The van der Waals surface area contributed by atoms with Gasteiger partial charge in [-0.1, -0.05) is 13.8 Å². The molecule has 0 saturated heterocycles. The molecule has 0 aliphatic carbocycles. The van der Waals surface area contributed by atoms with Gasteiger partial charge in [0.15, 0.2) is 0 Å². The molecule has 20 heavy (non-hydrogen) atoms. The fraction of sp³-hybridized carbons (Fsp3) is 0.429. The SMILES string of the molecule is CNC(=O)C(CC(C)C)NC(=O)c1cc(I)ccc1Br. The molecular weight excluding hydrogens is 435 g/mol. The Bertz CT molecular complexity index is 506. The third-order valence-corrected chi connectivity index (χ3v) is 4.11. The van der Waals surface area contributed by atoms with Crippen molar-refractivity contribution in [3.8, 4) is 0 Å². The minimum Gasteiger partial charge on any atom is -0.357 e. The molecule has 0 aliphatic rings. The molecule has 6 heteroatoms. The number of carbonyl (C=O) groups excluding carboxylic acids is 2. The number of rotatable bonds is 5. The predicted octanol–water partition coefficient (Wildman–Crippen LogP) is 2.94. The van der Waals surface area contributed by atoms with Gasteiger partial charge < -0.3 is 10.6 Å². The zero-order valence-electron chi connectivity index (χ0n) is 11.7. The first-order valence-corrected chi connectivity index (χ1v) is 8.19. The van der Waals surface area contributed by atoms with Crippen LogP contribution in [0.5, 0.6) is 0 Å². The van der Waals surface area contributed by atoms with E-state index in [1.807, 2.05) is 26.0 Å². The fourth-order valence-electron chi connectivity index (χ4n) is 1.78. The Morgan fingerprint density at radius 2 is 2.00 bits per heavy atom. The second-order valence-corrected chi connectivity index (χ2v) is 6.99. The normalized spacial score (nSPS) is 12.1. The lowest BCUT2D eigenvalue weighted by molar-refractivity contribution is -0.122. The van der Waals surface area contributed by atoms with Gasteiger partial charge in [-0.15, -0.1) is 0 Å². The van der Waals surface area contributed by atoms with Crippen molar-refractivity contribution in [2.75, 3.05) is 7.05 Å². The monoisotopic (exact) mass is 452 g/mol. The number of hydrogen-bond donors (Lipinski definition) is 2. The average molecular weight is 453 g/mol. The average Bonchev–Trinajstić information content (AvgIpc) is 2.39. The van der Waals surface area contributed by atoms with E-state index in [0.29, 0.717) is 17.9 Å². The number of benzene rings is 1. The molecule has 0 bridgehead atoms. The van der Waals surface area contributed by atoms with Gasteiger partial charge in [0.05, 0.1) is 5.56 Å². The number of halogens is 2. The fourth-order valence-corrected chi connectivity index (χ4v) is 2.70. The van der Waals surface area contributed by atoms with E-state index < -0.39 is 6.04 Å². The summed E-state index contributed by atoms with van der Waals surface area (Å²) in [6.07, 6.45) is 0.604. The van der Waals surface area contributed by atoms with Gasteiger partial charge in [0.1, 0.15) is 6.04 Å². The molecular formula is C14H18BrIN2O2. The summed E-state index contributed by atoms with van der Waals surface area (Å²) in [7, 11) is 1.57. The summed E-state index contributed by atoms with van der Waals surface area (Å²) in [6.45, 7) is 4.03. The molecule has 0 fully saturated rings. The number of amides is 2. The number of hydrogen-bond acceptors (Lipinski definition) is 2. The number of carbonyl (C=O) groups is 2. The van der Waals surface area contributed by atoms with Crippen LogP contribution in [-0.4, -0.2) is 24.9 Å². The molecule has 1 aromatic rings. The van der Waals surface area contributed by atoms with Crippen LogP contribution in [0.1, 0.15) is 30.6 Å². The van der Waals surface area contributed by atoms with Crippen molar-refractivity contribution in [1.29, 1.82) is 0 Å². The third kappa shape index (κ3) is 5.05. The minimum absolute atomic E-state index is 0.172. The second-order valence-electron chi connectivity index (χ2n) is 4.89. The van der Waals surface area contributed by atoms with Gasteiger partial charge >= 0.3 is 0 Å². The highest BCUT2D eigenvalue weighted by molar-refractivity contribution is 14.1. The highest BCUT2D eigenvalue weighted by Gasteiger charge is 2.22. The van der Waals surface area contributed by atoms with Gasteiger partial charge in [-0.2, -0.15) is 0 Å². The van der Waals surface area contributed by atoms with E-state index in [0.717, 1.165) is 8.04 Å². The van der Waals surface area contributed by atoms with Crippen molar-refractivity contribution in [2.45, 2.75) is 26.3 Å². The summed E-state index contributed by atoms with van der Waals surface area (Å²) in [5, 5.41) is 5.39. The second kappa shape index (κ2) is 7.97. The summed E-state index contributed by atoms with van der Waals surface area (Å²) in [6, 6.07) is 5.01. The van der Waals surface area contributed by atoms with Crippen LogP contribution in [0, 0.1) is 9.49 Å². The van der Waals surface area contributed by atoms with Gasteiger partial charge in [0.25, 0.3) is 5.91 Å². The maximum atomic E-state index is 12.3. The van der Waals surface area contributed by atoms with Crippen molar-refractivity contribution in [2.24, 2.45) is 5.92 Å². The molecule has 0 radical (unpaired) electrons. The smallest absolute Gasteiger partial charge is 0.253 e. The first kappa shape index (κ1) is 17.4. The van der Waals surface area contributed by atoms with E-state index in [9.17, 15) is 9.59 Å². The molecule has 0 heterocycles. The van der Waals surface area contributed by atoms with Crippen LogP contribution >= 0.6 is 38.5 Å². The van der Waals surface area contributed by atoms with Crippen molar-refractivity contribution in [3.05, 3.63) is 31.8 Å². The standard InChI is InChI=1S/C14H18BrIN2O2/c1-8(2)6-12(14(20)17-3)18-13(19)10-7-9(16)4-5-11(10)15/h4-5,7-8,12H,6H2,1-3H3,(H,17,20)(H,18,19). The lowest BCUT2D eigenvalue weighted by Gasteiger charge is -2.19. The zero-order chi connectivity index (χ0) is 15.3. The third-order valence-electron chi connectivity index (χ3n) is 2.75. The molecule has 0 aliphatic heterocycles. The van der Waals surface area contributed by atoms with E-state index in [-0.39, 0.29) is 11.8 Å². The molecule has 1 atom stereocenters. The first-order chi connectivity index (χ1) is 9.35. The van der Waals surface area contributed by atoms with Crippen molar-refractivity contribution in [1.82, 2.24) is 10.6 Å². The zero-order valence-corrected chi connectivity index (χ0v) is 15.4. The van der Waals surface area contributed by atoms with Gasteiger partial charge in [-0.3, -0.25) is 9.59 Å². The number of likely N-dealkylation sites (N-methyl/N-ethyl adjacent to an activating group) is 1. The predicted molar refractivity (Wildman–Crippen MR) is 91.6 cm³/mol. The van der Waals surface area contributed by atoms with E-state index in [2.05, 4.69) is 49.2 Å². The Morgan fingerprint density at radius 3 is 2.55 bits per heavy atom. The first-order valence-electron chi connectivity index (χ1n) is 6.32. The van der Waals surface area contributed by atoms with Crippen LogP contribution in [0.2, 0.25) is 0 Å². The molecule has 1 rings (SSSR count). The highest BCUT2D eigenvalue weighted by atomic mass is 127. The minimum atomic E-state index is -0.516. The van der Waals surface area contributed by atoms with Gasteiger partial charge in [-0.05, 0) is 69.1 Å². The van der Waals surface area contributed by atoms with E-state index >= 15 is 0 Å². The summed E-state index contributed by atoms with van der Waals surface area (Å²) in [5.74, 6) is -0.101. The Kier molecular flexibility index (Phi) is 6.94. The van der Waals surface area contributed by atoms with E-state index in [4.69, 9.17) is 0 Å². The van der Waals surface area contributed by atoms with Crippen LogP contribution in [0.25, 0.3) is 0 Å². The van der Waals surface area contributed by atoms with Crippen molar-refractivity contribution in [3.63, 3.8) is 0 Å². The van der Waals surface area contributed by atoms with Crippen molar-refractivity contribution < 1.29 is 9.59 Å². The summed E-state index contributed by atoms with van der Waals surface area (Å²) >= 11 is 5.51. The van der Waals surface area contributed by atoms with E-state index in [1.54, 1.807) is 13.1 Å². The topological polar surface area (TPSA) is 58.2 Å². The molecule has 0 aromatic heterocycles. The highest BCUT2D eigenvalue weighted by Crippen LogP contribution is 2.20. The van der Waals surface area contributed by atoms with Gasteiger partial charge in [0, 0.05) is 15.1 Å². The Morgan fingerprint density at radius 1 is 1.35 bits per heavy atom. The molecule has 0 saturated carbocycles. The molecule has 2 amide bonds. The van der Waals surface area contributed by atoms with Gasteiger partial charge in [0.2, 0.25) is 5.91 Å². The van der Waals surface area contributed by atoms with Crippen LogP contribution in [-0.2, 0) is 4.79 Å². The molecule has 110 valence electrons. The van der Waals surface area contributed by atoms with Crippen LogP contribution in [0.4, 0.5) is 0 Å². The van der Waals surface area contributed by atoms with Crippen LogP contribution in [0.15, 0.2) is 22.7 Å². The number of nitrogens with one attached hydrogen (secondary N) is 2. The molecule has 0 spiro atoms. The van der Waals surface area contributed by atoms with Crippen LogP contribution in [0.3, 0.4) is 0 Å². The quantitative estimate of drug-likeness (QED) is 0.675. The van der Waals surface area contributed by atoms with Gasteiger partial charge in [-0.25, -0.2) is 0 Å². The summed E-state index contributed by atoms with van der Waals surface area (Å²) in [4.78, 5) is 24.1.